The van der Waals surface area contributed by atoms with Crippen LogP contribution in [0.2, 0.25) is 15.1 Å². The third kappa shape index (κ3) is 4.29. The fourth-order valence-electron chi connectivity index (χ4n) is 1.73. The third-order valence-electron chi connectivity index (χ3n) is 3.01. The summed E-state index contributed by atoms with van der Waals surface area (Å²) in [6.45, 7) is 3.53. The van der Waals surface area contributed by atoms with Gasteiger partial charge in [0.25, 0.3) is 5.91 Å². The van der Waals surface area contributed by atoms with Gasteiger partial charge in [-0.15, -0.1) is 0 Å². The standard InChI is InChI=1S/C16H14Cl3NO2/c1-9-3-5-12(8-13(9)18)20-16(21)10(2)22-15-6-4-11(17)7-14(15)19/h3-8,10H,1-2H3,(H,20,21)/t10-/m0/s1. The van der Waals surface area contributed by atoms with Crippen molar-refractivity contribution in [3.05, 3.63) is 57.0 Å². The van der Waals surface area contributed by atoms with Crippen LogP contribution in [0.1, 0.15) is 12.5 Å². The summed E-state index contributed by atoms with van der Waals surface area (Å²) < 4.78 is 5.55. The summed E-state index contributed by atoms with van der Waals surface area (Å²) >= 11 is 17.9. The Morgan fingerprint density at radius 2 is 1.82 bits per heavy atom. The number of ether oxygens (including phenoxy) is 1. The Morgan fingerprint density at radius 3 is 2.45 bits per heavy atom. The maximum atomic E-state index is 12.1. The normalized spacial score (nSPS) is 11.9. The minimum Gasteiger partial charge on any atom is -0.479 e. The molecule has 2 aromatic carbocycles. The monoisotopic (exact) mass is 357 g/mol. The van der Waals surface area contributed by atoms with Gasteiger partial charge in [0.1, 0.15) is 5.75 Å². The van der Waals surface area contributed by atoms with Crippen molar-refractivity contribution >= 4 is 46.4 Å². The summed E-state index contributed by atoms with van der Waals surface area (Å²) in [4.78, 5) is 12.1. The van der Waals surface area contributed by atoms with Gasteiger partial charge in [-0.3, -0.25) is 4.79 Å². The van der Waals surface area contributed by atoms with Gasteiger partial charge in [0.2, 0.25) is 0 Å². The third-order valence-corrected chi connectivity index (χ3v) is 3.94. The van der Waals surface area contributed by atoms with Gasteiger partial charge in [0, 0.05) is 15.7 Å². The zero-order chi connectivity index (χ0) is 16.3. The Labute approximate surface area is 144 Å². The zero-order valence-electron chi connectivity index (χ0n) is 12.0. The van der Waals surface area contributed by atoms with E-state index in [1.165, 1.54) is 0 Å². The summed E-state index contributed by atoms with van der Waals surface area (Å²) in [6, 6.07) is 10.1. The molecule has 2 rings (SSSR count). The molecule has 0 aliphatic heterocycles. The van der Waals surface area contributed by atoms with Gasteiger partial charge in [-0.25, -0.2) is 0 Å². The lowest BCUT2D eigenvalue weighted by Gasteiger charge is -2.16. The Kier molecular flexibility index (Phi) is 5.57. The van der Waals surface area contributed by atoms with Crippen LogP contribution >= 0.6 is 34.8 Å². The van der Waals surface area contributed by atoms with E-state index in [-0.39, 0.29) is 5.91 Å². The molecule has 0 saturated carbocycles. The lowest BCUT2D eigenvalue weighted by Crippen LogP contribution is -2.30. The Morgan fingerprint density at radius 1 is 1.09 bits per heavy atom. The molecule has 0 radical (unpaired) electrons. The molecule has 0 heterocycles. The number of aryl methyl sites for hydroxylation is 1. The molecule has 1 amide bonds. The number of benzene rings is 2. The number of rotatable bonds is 4. The molecule has 0 saturated heterocycles. The van der Waals surface area contributed by atoms with Crippen LogP contribution in [0.25, 0.3) is 0 Å². The van der Waals surface area contributed by atoms with Crippen LogP contribution in [0.3, 0.4) is 0 Å². The smallest absolute Gasteiger partial charge is 0.265 e. The Balaban J connectivity index is 2.04. The van der Waals surface area contributed by atoms with E-state index in [0.29, 0.717) is 26.5 Å². The average Bonchev–Trinajstić information content (AvgIpc) is 2.45. The molecule has 0 bridgehead atoms. The van der Waals surface area contributed by atoms with Crippen molar-refractivity contribution in [3.8, 4) is 5.75 Å². The van der Waals surface area contributed by atoms with Gasteiger partial charge in [-0.05, 0) is 49.7 Å². The first kappa shape index (κ1) is 16.9. The first-order valence-corrected chi connectivity index (χ1v) is 7.69. The van der Waals surface area contributed by atoms with Gasteiger partial charge < -0.3 is 10.1 Å². The minimum atomic E-state index is -0.723. The van der Waals surface area contributed by atoms with Crippen molar-refractivity contribution in [3.63, 3.8) is 0 Å². The molecule has 116 valence electrons. The molecule has 0 aromatic heterocycles. The second-order valence-corrected chi connectivity index (χ2v) is 6.04. The largest absolute Gasteiger partial charge is 0.479 e. The average molecular weight is 359 g/mol. The van der Waals surface area contributed by atoms with E-state index in [0.717, 1.165) is 5.56 Å². The van der Waals surface area contributed by atoms with Crippen molar-refractivity contribution < 1.29 is 9.53 Å². The highest BCUT2D eigenvalue weighted by Gasteiger charge is 2.16. The molecular formula is C16H14Cl3NO2. The minimum absolute atomic E-state index is 0.300. The van der Waals surface area contributed by atoms with E-state index in [9.17, 15) is 4.79 Å². The van der Waals surface area contributed by atoms with Crippen LogP contribution in [0, 0.1) is 6.92 Å². The van der Waals surface area contributed by atoms with Crippen LogP contribution < -0.4 is 10.1 Å². The lowest BCUT2D eigenvalue weighted by molar-refractivity contribution is -0.122. The molecule has 0 aliphatic rings. The van der Waals surface area contributed by atoms with Crippen LogP contribution in [0.5, 0.6) is 5.75 Å². The molecule has 3 nitrogen and oxygen atoms in total. The van der Waals surface area contributed by atoms with Gasteiger partial charge in [-0.1, -0.05) is 40.9 Å². The van der Waals surface area contributed by atoms with Crippen molar-refractivity contribution in [2.75, 3.05) is 5.32 Å². The predicted octanol–water partition coefficient (Wildman–Crippen LogP) is 5.36. The highest BCUT2D eigenvalue weighted by molar-refractivity contribution is 6.35. The molecule has 0 spiro atoms. The second-order valence-electron chi connectivity index (χ2n) is 4.79. The van der Waals surface area contributed by atoms with Gasteiger partial charge in [0.15, 0.2) is 6.10 Å². The summed E-state index contributed by atoms with van der Waals surface area (Å²) in [5.41, 5.74) is 1.55. The maximum absolute atomic E-state index is 12.1. The molecular weight excluding hydrogens is 345 g/mol. The Hall–Kier alpha value is -1.42. The first-order chi connectivity index (χ1) is 10.4. The summed E-state index contributed by atoms with van der Waals surface area (Å²) in [6.07, 6.45) is -0.723. The van der Waals surface area contributed by atoms with E-state index < -0.39 is 6.10 Å². The molecule has 1 atom stereocenters. The lowest BCUT2D eigenvalue weighted by atomic mass is 10.2. The molecule has 2 aromatic rings. The SMILES string of the molecule is Cc1ccc(NC(=O)[C@H](C)Oc2ccc(Cl)cc2Cl)cc1Cl. The van der Waals surface area contributed by atoms with Crippen LogP contribution in [-0.4, -0.2) is 12.0 Å². The van der Waals surface area contributed by atoms with Crippen molar-refractivity contribution in [2.45, 2.75) is 20.0 Å². The number of hydrogen-bond donors (Lipinski definition) is 1. The molecule has 6 heteroatoms. The van der Waals surface area contributed by atoms with E-state index in [1.54, 1.807) is 37.3 Å². The maximum Gasteiger partial charge on any atom is 0.265 e. The van der Waals surface area contributed by atoms with E-state index in [1.807, 2.05) is 13.0 Å². The quantitative estimate of drug-likeness (QED) is 0.799. The summed E-state index contributed by atoms with van der Waals surface area (Å²) in [5, 5.41) is 4.19. The van der Waals surface area contributed by atoms with Gasteiger partial charge >= 0.3 is 0 Å². The molecule has 1 N–H and O–H groups in total. The fraction of sp³-hybridized carbons (Fsp3) is 0.188. The van der Waals surface area contributed by atoms with Crippen molar-refractivity contribution in [2.24, 2.45) is 0 Å². The molecule has 22 heavy (non-hydrogen) atoms. The number of carbonyl (C=O) groups is 1. The predicted molar refractivity (Wildman–Crippen MR) is 91.4 cm³/mol. The number of amides is 1. The van der Waals surface area contributed by atoms with Crippen molar-refractivity contribution in [1.29, 1.82) is 0 Å². The van der Waals surface area contributed by atoms with Gasteiger partial charge in [0.05, 0.1) is 5.02 Å². The topological polar surface area (TPSA) is 38.3 Å². The summed E-state index contributed by atoms with van der Waals surface area (Å²) in [5.74, 6) is 0.0987. The van der Waals surface area contributed by atoms with Crippen LogP contribution in [0.4, 0.5) is 5.69 Å². The van der Waals surface area contributed by atoms with E-state index >= 15 is 0 Å². The van der Waals surface area contributed by atoms with E-state index in [4.69, 9.17) is 39.5 Å². The number of halogens is 3. The fourth-order valence-corrected chi connectivity index (χ4v) is 2.36. The Bertz CT molecular complexity index is 704. The molecule has 0 fully saturated rings. The highest BCUT2D eigenvalue weighted by atomic mass is 35.5. The number of carbonyl (C=O) groups excluding carboxylic acids is 1. The number of nitrogens with one attached hydrogen (secondary N) is 1. The van der Waals surface area contributed by atoms with E-state index in [2.05, 4.69) is 5.32 Å². The highest BCUT2D eigenvalue weighted by Crippen LogP contribution is 2.28. The van der Waals surface area contributed by atoms with Crippen LogP contribution in [-0.2, 0) is 4.79 Å². The molecule has 0 unspecified atom stereocenters. The first-order valence-electron chi connectivity index (χ1n) is 6.55. The zero-order valence-corrected chi connectivity index (χ0v) is 14.3. The summed E-state index contributed by atoms with van der Waals surface area (Å²) in [7, 11) is 0. The molecule has 0 aliphatic carbocycles. The number of anilines is 1. The van der Waals surface area contributed by atoms with Gasteiger partial charge in [-0.2, -0.15) is 0 Å². The van der Waals surface area contributed by atoms with Crippen molar-refractivity contribution in [1.82, 2.24) is 0 Å². The number of hydrogen-bond acceptors (Lipinski definition) is 2. The van der Waals surface area contributed by atoms with Crippen LogP contribution in [0.15, 0.2) is 36.4 Å². The second kappa shape index (κ2) is 7.23.